The average Bonchev–Trinajstić information content (AvgIpc) is 2.85. The number of benzene rings is 1. The smallest absolute Gasteiger partial charge is 0.261 e. The van der Waals surface area contributed by atoms with E-state index in [0.29, 0.717) is 12.2 Å². The van der Waals surface area contributed by atoms with E-state index < -0.39 is 19.9 Å². The molecular formula is C12H15N3O4S2. The third kappa shape index (κ3) is 3.61. The Hall–Kier alpha value is -1.87. The number of aryl methyl sites for hydroxylation is 1. The third-order valence-electron chi connectivity index (χ3n) is 2.77. The van der Waals surface area contributed by atoms with E-state index in [1.807, 2.05) is 6.92 Å². The first-order valence-corrected chi connectivity index (χ1v) is 9.45. The number of nitrogens with one attached hydrogen (secondary N) is 1. The quantitative estimate of drug-likeness (QED) is 0.886. The van der Waals surface area contributed by atoms with Gasteiger partial charge in [0.25, 0.3) is 10.0 Å². The molecule has 0 aliphatic rings. The van der Waals surface area contributed by atoms with Crippen LogP contribution in [0.4, 0.5) is 5.69 Å². The second-order valence-electron chi connectivity index (χ2n) is 4.43. The molecule has 0 aliphatic heterocycles. The van der Waals surface area contributed by atoms with Crippen molar-refractivity contribution in [1.29, 1.82) is 0 Å². The molecule has 1 aromatic carbocycles. The average molecular weight is 329 g/mol. The number of rotatable bonds is 5. The largest absolute Gasteiger partial charge is 0.276 e. The molecule has 0 unspecified atom stereocenters. The molecule has 2 aromatic rings. The first-order valence-electron chi connectivity index (χ1n) is 6.08. The summed E-state index contributed by atoms with van der Waals surface area (Å²) in [7, 11) is -7.12. The number of nitrogens with zero attached hydrogens (tertiary/aromatic N) is 2. The highest BCUT2D eigenvalue weighted by Gasteiger charge is 2.16. The summed E-state index contributed by atoms with van der Waals surface area (Å²) >= 11 is 0. The second-order valence-corrected chi connectivity index (χ2v) is 8.13. The van der Waals surface area contributed by atoms with E-state index in [0.717, 1.165) is 6.26 Å². The van der Waals surface area contributed by atoms with Crippen molar-refractivity contribution < 1.29 is 16.8 Å². The zero-order valence-electron chi connectivity index (χ0n) is 11.5. The fourth-order valence-corrected chi connectivity index (χ4v) is 3.33. The highest BCUT2D eigenvalue weighted by Crippen LogP contribution is 2.17. The molecular weight excluding hydrogens is 314 g/mol. The van der Waals surface area contributed by atoms with Crippen LogP contribution in [-0.4, -0.2) is 32.9 Å². The standard InChI is InChI=1S/C12H15N3O4S2/c1-3-15-9-10(8-13-15)14-21(18,19)12-6-4-11(5-7-12)20(2,16)17/h4-9,14H,3H2,1-2H3. The van der Waals surface area contributed by atoms with Gasteiger partial charge in [0.1, 0.15) is 0 Å². The van der Waals surface area contributed by atoms with Gasteiger partial charge in [-0.25, -0.2) is 16.8 Å². The van der Waals surface area contributed by atoms with Gasteiger partial charge in [-0.2, -0.15) is 5.10 Å². The van der Waals surface area contributed by atoms with Crippen molar-refractivity contribution >= 4 is 25.5 Å². The van der Waals surface area contributed by atoms with Gasteiger partial charge in [-0.1, -0.05) is 0 Å². The summed E-state index contributed by atoms with van der Waals surface area (Å²) in [6.45, 7) is 2.51. The van der Waals surface area contributed by atoms with Crippen molar-refractivity contribution in [2.24, 2.45) is 0 Å². The normalized spacial score (nSPS) is 12.3. The molecule has 9 heteroatoms. The Morgan fingerprint density at radius 2 is 1.67 bits per heavy atom. The maximum Gasteiger partial charge on any atom is 0.261 e. The van der Waals surface area contributed by atoms with Gasteiger partial charge < -0.3 is 0 Å². The minimum atomic E-state index is -3.77. The molecule has 21 heavy (non-hydrogen) atoms. The molecule has 0 bridgehead atoms. The Kier molecular flexibility index (Phi) is 4.06. The number of sulfone groups is 1. The lowest BCUT2D eigenvalue weighted by molar-refractivity contribution is 0.597. The van der Waals surface area contributed by atoms with E-state index in [1.165, 1.54) is 30.5 Å². The molecule has 0 amide bonds. The highest BCUT2D eigenvalue weighted by atomic mass is 32.2. The fraction of sp³-hybridized carbons (Fsp3) is 0.250. The Balaban J connectivity index is 2.27. The van der Waals surface area contributed by atoms with Crippen molar-refractivity contribution in [3.05, 3.63) is 36.7 Å². The molecule has 0 fully saturated rings. The summed E-state index contributed by atoms with van der Waals surface area (Å²) in [6.07, 6.45) is 4.04. The summed E-state index contributed by atoms with van der Waals surface area (Å²) in [5.74, 6) is 0. The van der Waals surface area contributed by atoms with Gasteiger partial charge in [0.05, 0.1) is 21.7 Å². The predicted molar refractivity (Wildman–Crippen MR) is 78.3 cm³/mol. The summed E-state index contributed by atoms with van der Waals surface area (Å²) in [5.41, 5.74) is 0.351. The van der Waals surface area contributed by atoms with Crippen LogP contribution >= 0.6 is 0 Å². The maximum absolute atomic E-state index is 12.2. The van der Waals surface area contributed by atoms with Crippen molar-refractivity contribution in [3.63, 3.8) is 0 Å². The number of aromatic nitrogens is 2. The number of hydrogen-bond acceptors (Lipinski definition) is 5. The highest BCUT2D eigenvalue weighted by molar-refractivity contribution is 7.92. The Labute approximate surface area is 123 Å². The number of anilines is 1. The molecule has 0 spiro atoms. The van der Waals surface area contributed by atoms with Gasteiger partial charge in [0.15, 0.2) is 9.84 Å². The van der Waals surface area contributed by atoms with Gasteiger partial charge in [0, 0.05) is 19.0 Å². The summed E-state index contributed by atoms with van der Waals surface area (Å²) in [5, 5.41) is 3.97. The van der Waals surface area contributed by atoms with Crippen LogP contribution in [0.1, 0.15) is 6.92 Å². The SMILES string of the molecule is CCn1cc(NS(=O)(=O)c2ccc(S(C)(=O)=O)cc2)cn1. The molecule has 2 rings (SSSR count). The Morgan fingerprint density at radius 1 is 1.10 bits per heavy atom. The summed E-state index contributed by atoms with van der Waals surface area (Å²) in [6, 6.07) is 5.03. The zero-order chi connectivity index (χ0) is 15.7. The van der Waals surface area contributed by atoms with Gasteiger partial charge in [-0.05, 0) is 31.2 Å². The van der Waals surface area contributed by atoms with Crippen LogP contribution in [0, 0.1) is 0 Å². The van der Waals surface area contributed by atoms with Crippen molar-refractivity contribution in [2.75, 3.05) is 11.0 Å². The second kappa shape index (κ2) is 5.49. The zero-order valence-corrected chi connectivity index (χ0v) is 13.1. The van der Waals surface area contributed by atoms with Crippen LogP contribution < -0.4 is 4.72 Å². The van der Waals surface area contributed by atoms with Crippen LogP contribution in [0.5, 0.6) is 0 Å². The monoisotopic (exact) mass is 329 g/mol. The van der Waals surface area contributed by atoms with Crippen LogP contribution in [0.3, 0.4) is 0 Å². The molecule has 0 atom stereocenters. The van der Waals surface area contributed by atoms with Crippen LogP contribution in [-0.2, 0) is 26.4 Å². The fourth-order valence-electron chi connectivity index (χ4n) is 1.67. The van der Waals surface area contributed by atoms with E-state index in [9.17, 15) is 16.8 Å². The molecule has 1 heterocycles. The molecule has 0 saturated heterocycles. The molecule has 1 N–H and O–H groups in total. The number of sulfonamides is 1. The molecule has 114 valence electrons. The molecule has 1 aromatic heterocycles. The van der Waals surface area contributed by atoms with Crippen molar-refractivity contribution in [2.45, 2.75) is 23.3 Å². The third-order valence-corrected chi connectivity index (χ3v) is 5.30. The van der Waals surface area contributed by atoms with Crippen molar-refractivity contribution in [1.82, 2.24) is 9.78 Å². The summed E-state index contributed by atoms with van der Waals surface area (Å²) < 4.78 is 51.0. The van der Waals surface area contributed by atoms with E-state index >= 15 is 0 Å². The lowest BCUT2D eigenvalue weighted by atomic mass is 10.4. The van der Waals surface area contributed by atoms with Gasteiger partial charge in [-0.15, -0.1) is 0 Å². The molecule has 7 nitrogen and oxygen atoms in total. The van der Waals surface area contributed by atoms with Gasteiger partial charge in [0.2, 0.25) is 0 Å². The van der Waals surface area contributed by atoms with Crippen LogP contribution in [0.25, 0.3) is 0 Å². The van der Waals surface area contributed by atoms with Crippen LogP contribution in [0.2, 0.25) is 0 Å². The van der Waals surface area contributed by atoms with Gasteiger partial charge in [-0.3, -0.25) is 9.40 Å². The predicted octanol–water partition coefficient (Wildman–Crippen LogP) is 1.11. The maximum atomic E-state index is 12.2. The minimum absolute atomic E-state index is 0.0147. The topological polar surface area (TPSA) is 98.1 Å². The first-order chi connectivity index (χ1) is 9.72. The lowest BCUT2D eigenvalue weighted by Crippen LogP contribution is -2.12. The number of hydrogen-bond donors (Lipinski definition) is 1. The molecule has 0 saturated carbocycles. The van der Waals surface area contributed by atoms with E-state index in [1.54, 1.807) is 10.9 Å². The lowest BCUT2D eigenvalue weighted by Gasteiger charge is -2.06. The van der Waals surface area contributed by atoms with Gasteiger partial charge >= 0.3 is 0 Å². The summed E-state index contributed by atoms with van der Waals surface area (Å²) in [4.78, 5) is 0.0550. The first kappa shape index (κ1) is 15.5. The minimum Gasteiger partial charge on any atom is -0.276 e. The van der Waals surface area contributed by atoms with Crippen molar-refractivity contribution in [3.8, 4) is 0 Å². The molecule has 0 radical (unpaired) electrons. The van der Waals surface area contributed by atoms with E-state index in [-0.39, 0.29) is 9.79 Å². The Bertz CT molecular complexity index is 837. The molecule has 0 aliphatic carbocycles. The van der Waals surface area contributed by atoms with E-state index in [4.69, 9.17) is 0 Å². The Morgan fingerprint density at radius 3 is 2.14 bits per heavy atom. The van der Waals surface area contributed by atoms with Crippen LogP contribution in [0.15, 0.2) is 46.5 Å². The van der Waals surface area contributed by atoms with E-state index in [2.05, 4.69) is 9.82 Å².